The maximum Gasteiger partial charge on any atom is 0.203 e. The summed E-state index contributed by atoms with van der Waals surface area (Å²) in [6.45, 7) is 6.89. The molecule has 0 aromatic heterocycles. The van der Waals surface area contributed by atoms with Crippen molar-refractivity contribution < 1.29 is 50.4 Å². The second kappa shape index (κ2) is 18.6. The summed E-state index contributed by atoms with van der Waals surface area (Å²) in [5.41, 5.74) is 7.23. The first-order valence-electron chi connectivity index (χ1n) is 21.1. The lowest BCUT2D eigenvalue weighted by atomic mass is 9.84. The van der Waals surface area contributed by atoms with Gasteiger partial charge in [-0.1, -0.05) is 78.9 Å². The van der Waals surface area contributed by atoms with E-state index >= 15 is 0 Å². The fraction of sp³-hybridized carbons (Fsp3) is 0.226. The van der Waals surface area contributed by atoms with Crippen LogP contribution in [0.15, 0.2) is 113 Å². The third-order valence-corrected chi connectivity index (χ3v) is 12.6. The minimum atomic E-state index is -1.41. The number of ketones is 1. The highest BCUT2D eigenvalue weighted by molar-refractivity contribution is 6.03. The summed E-state index contributed by atoms with van der Waals surface area (Å²) in [6.07, 6.45) is 0.729. The van der Waals surface area contributed by atoms with E-state index in [0.29, 0.717) is 62.9 Å². The molecule has 0 amide bonds. The topological polar surface area (TPSA) is 218 Å². The lowest BCUT2D eigenvalue weighted by Gasteiger charge is -2.23. The van der Waals surface area contributed by atoms with Crippen LogP contribution in [0.25, 0.3) is 0 Å². The number of carbonyl (C=O) groups is 1. The Bertz CT molecular complexity index is 2920. The van der Waals surface area contributed by atoms with Gasteiger partial charge in [-0.25, -0.2) is 0 Å². The van der Waals surface area contributed by atoms with Crippen molar-refractivity contribution in [2.75, 3.05) is 7.11 Å². The molecule has 12 nitrogen and oxygen atoms in total. The molecule has 0 bridgehead atoms. The maximum absolute atomic E-state index is 13.4. The lowest BCUT2D eigenvalue weighted by Crippen LogP contribution is -2.28. The first-order valence-corrected chi connectivity index (χ1v) is 21.1. The molecule has 1 aliphatic carbocycles. The van der Waals surface area contributed by atoms with Gasteiger partial charge in [0.1, 0.15) is 11.9 Å². The van der Waals surface area contributed by atoms with E-state index in [4.69, 9.17) is 4.74 Å². The van der Waals surface area contributed by atoms with Gasteiger partial charge >= 0.3 is 0 Å². The number of phenolic OH excluding ortho intramolecular Hbond substituents is 7. The van der Waals surface area contributed by atoms with Gasteiger partial charge in [-0.3, -0.25) is 4.79 Å². The molecule has 12 heteroatoms. The quantitative estimate of drug-likeness (QED) is 0.0381. The van der Waals surface area contributed by atoms with E-state index in [2.05, 4.69) is 5.18 Å². The molecular weight excluding hydrogens is 827 g/mol. The molecule has 7 rings (SSSR count). The van der Waals surface area contributed by atoms with Gasteiger partial charge in [0.25, 0.3) is 0 Å². The van der Waals surface area contributed by atoms with Crippen LogP contribution in [0.5, 0.6) is 46.0 Å². The zero-order chi connectivity index (χ0) is 46.9. The molecule has 0 aliphatic heterocycles. The summed E-state index contributed by atoms with van der Waals surface area (Å²) < 4.78 is 5.48. The number of carbonyl (C=O) groups excluding carboxylic acids is 1. The predicted octanol–water partition coefficient (Wildman–Crippen LogP) is 9.29. The first kappa shape index (κ1) is 45.5. The number of phenols is 7. The Balaban J connectivity index is 1.23. The molecule has 6 aromatic rings. The van der Waals surface area contributed by atoms with Gasteiger partial charge in [-0.15, -0.1) is 4.91 Å². The van der Waals surface area contributed by atoms with Crippen molar-refractivity contribution in [3.8, 4) is 46.0 Å². The monoisotopic (exact) mass is 877 g/mol. The number of nitrogens with zero attached hydrogens (tertiary/aromatic N) is 1. The minimum Gasteiger partial charge on any atom is -0.507 e. The predicted molar refractivity (Wildman–Crippen MR) is 247 cm³/mol. The fourth-order valence-electron chi connectivity index (χ4n) is 8.73. The number of hydrogen-bond donors (Lipinski definition) is 8. The largest absolute Gasteiger partial charge is 0.507 e. The van der Waals surface area contributed by atoms with Crippen LogP contribution in [0.1, 0.15) is 79.2 Å². The van der Waals surface area contributed by atoms with Crippen LogP contribution < -0.4 is 4.74 Å². The minimum absolute atomic E-state index is 0.0544. The number of nitroso groups, excluding NO2 is 1. The number of allylic oxidation sites excluding steroid dienone is 2. The highest BCUT2D eigenvalue weighted by Crippen LogP contribution is 2.47. The van der Waals surface area contributed by atoms with E-state index in [1.54, 1.807) is 45.9 Å². The molecule has 0 radical (unpaired) electrons. The molecule has 1 aliphatic rings. The number of aliphatic hydroxyl groups is 1. The van der Waals surface area contributed by atoms with Gasteiger partial charge in [0.2, 0.25) is 5.75 Å². The van der Waals surface area contributed by atoms with Gasteiger partial charge < -0.3 is 45.6 Å². The molecule has 0 saturated carbocycles. The summed E-state index contributed by atoms with van der Waals surface area (Å²) in [7, 11) is 1.30. The third kappa shape index (κ3) is 8.98. The van der Waals surface area contributed by atoms with E-state index in [9.17, 15) is 50.6 Å². The van der Waals surface area contributed by atoms with Crippen LogP contribution in [0.3, 0.4) is 0 Å². The summed E-state index contributed by atoms with van der Waals surface area (Å²) >= 11 is 0. The average Bonchev–Trinajstić information content (AvgIpc) is 3.29. The Morgan fingerprint density at radius 3 is 1.62 bits per heavy atom. The van der Waals surface area contributed by atoms with Gasteiger partial charge in [0.15, 0.2) is 46.0 Å². The molecule has 0 saturated heterocycles. The summed E-state index contributed by atoms with van der Waals surface area (Å²) in [5.74, 6) is -3.59. The number of aromatic hydroxyl groups is 7. The molecule has 0 heterocycles. The van der Waals surface area contributed by atoms with Crippen molar-refractivity contribution >= 4 is 11.5 Å². The zero-order valence-corrected chi connectivity index (χ0v) is 36.7. The van der Waals surface area contributed by atoms with E-state index in [-0.39, 0.29) is 82.4 Å². The van der Waals surface area contributed by atoms with Crippen LogP contribution in [-0.4, -0.2) is 59.8 Å². The average molecular weight is 878 g/mol. The highest BCUT2D eigenvalue weighted by atomic mass is 16.5. The molecular formula is C53H51NO11. The summed E-state index contributed by atoms with van der Waals surface area (Å²) in [4.78, 5) is 25.6. The van der Waals surface area contributed by atoms with E-state index < -0.39 is 29.1 Å². The molecule has 6 aromatic carbocycles. The molecule has 1 atom stereocenters. The van der Waals surface area contributed by atoms with Crippen LogP contribution in [0.4, 0.5) is 5.69 Å². The van der Waals surface area contributed by atoms with Gasteiger partial charge in [0.05, 0.1) is 7.11 Å². The maximum atomic E-state index is 13.4. The molecule has 0 fully saturated rings. The van der Waals surface area contributed by atoms with E-state index in [0.717, 1.165) is 16.7 Å². The van der Waals surface area contributed by atoms with Crippen LogP contribution in [-0.2, 0) is 43.3 Å². The molecule has 334 valence electrons. The molecule has 1 unspecified atom stereocenters. The third-order valence-electron chi connectivity index (χ3n) is 12.6. The Hall–Kier alpha value is -7.57. The number of aryl methyl sites for hydroxylation is 2. The Morgan fingerprint density at radius 1 is 0.538 bits per heavy atom. The van der Waals surface area contributed by atoms with Gasteiger partial charge in [-0.2, -0.15) is 0 Å². The standard InChI is InChI=1S/C53H51NO11/c1-27-16-28(2)42(26-40-24-39(49(60)53(65-5)50(40)61)21-34-20-36(46(57)45(56)30(34)4)18-32-14-10-7-11-15-32)51(62)41(27)25-35-22-38(48(59)52(63)43(35)54-64)23-37-19-33(29(3)44(55)47(37)58)17-31-12-8-6-9-13-31/h6-16,19-20,22,24,44,55-57,59-63H,17-18,21,23,25-26H2,1-5H3. The van der Waals surface area contributed by atoms with Crippen molar-refractivity contribution in [2.24, 2.45) is 5.18 Å². The Labute approximate surface area is 376 Å². The number of methoxy groups -OCH3 is 1. The second-order valence-corrected chi connectivity index (χ2v) is 16.8. The summed E-state index contributed by atoms with van der Waals surface area (Å²) in [6, 6.07) is 25.6. The number of Topliss-reactive ketones (excluding diaryl/α,β-unsaturated/α-hetero) is 1. The van der Waals surface area contributed by atoms with Crippen molar-refractivity contribution in [1.82, 2.24) is 0 Å². The summed E-state index contributed by atoms with van der Waals surface area (Å²) in [5, 5.41) is 92.9. The lowest BCUT2D eigenvalue weighted by molar-refractivity contribution is -0.121. The zero-order valence-electron chi connectivity index (χ0n) is 36.7. The van der Waals surface area contributed by atoms with E-state index in [1.807, 2.05) is 66.7 Å². The van der Waals surface area contributed by atoms with E-state index in [1.165, 1.54) is 13.2 Å². The fourth-order valence-corrected chi connectivity index (χ4v) is 8.73. The molecule has 8 N–H and O–H groups in total. The van der Waals surface area contributed by atoms with Gasteiger partial charge in [-0.05, 0) is 102 Å². The van der Waals surface area contributed by atoms with Crippen molar-refractivity contribution in [3.63, 3.8) is 0 Å². The molecule has 0 spiro atoms. The number of hydrogen-bond acceptors (Lipinski definition) is 12. The van der Waals surface area contributed by atoms with Crippen molar-refractivity contribution in [1.29, 1.82) is 0 Å². The number of rotatable bonds is 14. The first-order chi connectivity index (χ1) is 31.0. The smallest absolute Gasteiger partial charge is 0.203 e. The SMILES string of the molecule is COc1c(O)c(Cc2cc(Cc3ccccc3)c(O)c(O)c2C)cc(Cc2c(C)cc(C)c(Cc3cc(CC4=CC(Cc5ccccc5)=C(C)C(O)C4=O)c(O)c(O)c3N=O)c2O)c1O. The number of aliphatic hydroxyl groups excluding tert-OH is 1. The number of benzene rings is 6. The van der Waals surface area contributed by atoms with Crippen molar-refractivity contribution in [3.05, 3.63) is 185 Å². The van der Waals surface area contributed by atoms with Gasteiger partial charge in [0, 0.05) is 71.1 Å². The van der Waals surface area contributed by atoms with Crippen molar-refractivity contribution in [2.45, 2.75) is 72.3 Å². The highest BCUT2D eigenvalue weighted by Gasteiger charge is 2.30. The van der Waals surface area contributed by atoms with Crippen LogP contribution in [0.2, 0.25) is 0 Å². The normalized spacial score (nSPS) is 13.8. The number of ether oxygens (including phenoxy) is 1. The Morgan fingerprint density at radius 2 is 1.03 bits per heavy atom. The van der Waals surface area contributed by atoms with Crippen LogP contribution in [0, 0.1) is 25.7 Å². The second-order valence-electron chi connectivity index (χ2n) is 16.8. The Kier molecular flexibility index (Phi) is 13.0. The van der Waals surface area contributed by atoms with Crippen LogP contribution >= 0.6 is 0 Å². The molecule has 65 heavy (non-hydrogen) atoms.